The van der Waals surface area contributed by atoms with E-state index < -0.39 is 0 Å². The minimum atomic E-state index is 1.000. The molecule has 2 aromatic carbocycles. The molecule has 0 aromatic heterocycles. The Labute approximate surface area is 129 Å². The molecule has 0 spiro atoms. The van der Waals surface area contributed by atoms with Crippen LogP contribution in [0, 0.1) is 0 Å². The summed E-state index contributed by atoms with van der Waals surface area (Å²) in [6, 6.07) is 17.9. The smallest absolute Gasteiger partial charge is 0.0227 e. The molecule has 0 aliphatic rings. The predicted molar refractivity (Wildman–Crippen MR) is 90.5 cm³/mol. The summed E-state index contributed by atoms with van der Waals surface area (Å²) in [6.45, 7) is 2.00. The van der Waals surface area contributed by atoms with E-state index in [1.54, 1.807) is 0 Å². The summed E-state index contributed by atoms with van der Waals surface area (Å²) >= 11 is 0. The highest BCUT2D eigenvalue weighted by atomic mass is 15.0. The van der Waals surface area contributed by atoms with Crippen molar-refractivity contribution in [2.45, 2.75) is 19.5 Å². The Balaban J connectivity index is 1.97. The van der Waals surface area contributed by atoms with E-state index in [1.165, 1.54) is 22.3 Å². The maximum Gasteiger partial charge on any atom is 0.0227 e. The summed E-state index contributed by atoms with van der Waals surface area (Å²) in [7, 11) is 8.40. The van der Waals surface area contributed by atoms with E-state index in [0.717, 1.165) is 19.5 Å². The van der Waals surface area contributed by atoms with Crippen molar-refractivity contribution in [2.24, 2.45) is 0 Å². The van der Waals surface area contributed by atoms with Crippen LogP contribution in [0.2, 0.25) is 0 Å². The van der Waals surface area contributed by atoms with Crippen LogP contribution in [0.15, 0.2) is 48.5 Å². The van der Waals surface area contributed by atoms with E-state index in [0.29, 0.717) is 0 Å². The van der Waals surface area contributed by atoms with Crippen LogP contribution >= 0.6 is 0 Å². The summed E-state index contributed by atoms with van der Waals surface area (Å²) in [5.74, 6) is 0. The third-order valence-corrected chi connectivity index (χ3v) is 3.45. The van der Waals surface area contributed by atoms with Gasteiger partial charge in [0, 0.05) is 13.1 Å². The quantitative estimate of drug-likeness (QED) is 0.801. The molecule has 112 valence electrons. The average molecular weight is 282 g/mol. The molecule has 0 bridgehead atoms. The zero-order chi connectivity index (χ0) is 15.2. The second kappa shape index (κ2) is 7.39. The van der Waals surface area contributed by atoms with E-state index in [-0.39, 0.29) is 0 Å². The lowest BCUT2D eigenvalue weighted by atomic mass is 10.0. The van der Waals surface area contributed by atoms with Crippen molar-refractivity contribution >= 4 is 0 Å². The molecule has 0 N–H and O–H groups in total. The normalized spacial score (nSPS) is 11.3. The molecular formula is C19H26N2. The largest absolute Gasteiger partial charge is 0.305 e. The number of benzene rings is 2. The van der Waals surface area contributed by atoms with Crippen LogP contribution in [0.5, 0.6) is 0 Å². The van der Waals surface area contributed by atoms with E-state index >= 15 is 0 Å². The molecule has 0 radical (unpaired) electrons. The van der Waals surface area contributed by atoms with Gasteiger partial charge in [0.25, 0.3) is 0 Å². The van der Waals surface area contributed by atoms with Gasteiger partial charge >= 0.3 is 0 Å². The Morgan fingerprint density at radius 2 is 0.810 bits per heavy atom. The Bertz CT molecular complexity index is 487. The lowest BCUT2D eigenvalue weighted by molar-refractivity contribution is 0.402. The van der Waals surface area contributed by atoms with Crippen molar-refractivity contribution in [3.05, 3.63) is 70.8 Å². The van der Waals surface area contributed by atoms with Gasteiger partial charge in [-0.15, -0.1) is 0 Å². The van der Waals surface area contributed by atoms with Gasteiger partial charge in [-0.1, -0.05) is 48.5 Å². The van der Waals surface area contributed by atoms with Crippen LogP contribution in [-0.4, -0.2) is 38.0 Å². The van der Waals surface area contributed by atoms with E-state index in [9.17, 15) is 0 Å². The van der Waals surface area contributed by atoms with Gasteiger partial charge in [0.15, 0.2) is 0 Å². The fourth-order valence-electron chi connectivity index (χ4n) is 2.49. The predicted octanol–water partition coefficient (Wildman–Crippen LogP) is 3.40. The minimum Gasteiger partial charge on any atom is -0.305 e. The highest BCUT2D eigenvalue weighted by Crippen LogP contribution is 2.13. The maximum atomic E-state index is 2.24. The molecule has 0 fully saturated rings. The second-order valence-electron chi connectivity index (χ2n) is 6.29. The van der Waals surface area contributed by atoms with Crippen molar-refractivity contribution in [1.82, 2.24) is 9.80 Å². The second-order valence-corrected chi connectivity index (χ2v) is 6.29. The fourth-order valence-corrected chi connectivity index (χ4v) is 2.49. The first-order valence-corrected chi connectivity index (χ1v) is 7.48. The minimum absolute atomic E-state index is 1.000. The summed E-state index contributed by atoms with van der Waals surface area (Å²) in [5, 5.41) is 0. The Kier molecular flexibility index (Phi) is 5.54. The van der Waals surface area contributed by atoms with E-state index in [1.807, 2.05) is 0 Å². The molecule has 0 unspecified atom stereocenters. The summed E-state index contributed by atoms with van der Waals surface area (Å²) in [4.78, 5) is 4.39. The Morgan fingerprint density at radius 3 is 1.10 bits per heavy atom. The number of nitrogens with zero attached hydrogens (tertiary/aromatic N) is 2. The van der Waals surface area contributed by atoms with Crippen LogP contribution in [-0.2, 0) is 19.5 Å². The zero-order valence-electron chi connectivity index (χ0n) is 13.6. The van der Waals surface area contributed by atoms with Crippen molar-refractivity contribution in [3.63, 3.8) is 0 Å². The summed E-state index contributed by atoms with van der Waals surface area (Å²) in [6.07, 6.45) is 1.00. The molecule has 2 nitrogen and oxygen atoms in total. The van der Waals surface area contributed by atoms with Crippen molar-refractivity contribution in [1.29, 1.82) is 0 Å². The van der Waals surface area contributed by atoms with Crippen LogP contribution in [0.3, 0.4) is 0 Å². The van der Waals surface area contributed by atoms with Crippen molar-refractivity contribution < 1.29 is 0 Å². The van der Waals surface area contributed by atoms with Gasteiger partial charge < -0.3 is 9.80 Å². The third-order valence-electron chi connectivity index (χ3n) is 3.45. The molecule has 2 rings (SSSR count). The first-order valence-electron chi connectivity index (χ1n) is 7.48. The lowest BCUT2D eigenvalue weighted by Gasteiger charge is -2.11. The first kappa shape index (κ1) is 15.7. The molecule has 0 atom stereocenters. The molecule has 0 saturated heterocycles. The van der Waals surface area contributed by atoms with Gasteiger partial charge in [-0.3, -0.25) is 0 Å². The average Bonchev–Trinajstić information content (AvgIpc) is 2.42. The Morgan fingerprint density at radius 1 is 0.524 bits per heavy atom. The van der Waals surface area contributed by atoms with Crippen LogP contribution in [0.25, 0.3) is 0 Å². The third kappa shape index (κ3) is 5.33. The molecule has 2 heteroatoms. The highest BCUT2D eigenvalue weighted by Gasteiger charge is 2.00. The molecule has 0 aliphatic heterocycles. The SMILES string of the molecule is CN(C)Cc1ccc(Cc2ccc(CN(C)C)cc2)cc1. The topological polar surface area (TPSA) is 6.48 Å². The van der Waals surface area contributed by atoms with E-state index in [2.05, 4.69) is 86.5 Å². The van der Waals surface area contributed by atoms with Gasteiger partial charge in [-0.05, 0) is 56.9 Å². The fraction of sp³-hybridized carbons (Fsp3) is 0.368. The van der Waals surface area contributed by atoms with Gasteiger partial charge in [0.1, 0.15) is 0 Å². The number of rotatable bonds is 6. The number of hydrogen-bond donors (Lipinski definition) is 0. The van der Waals surface area contributed by atoms with Crippen molar-refractivity contribution in [2.75, 3.05) is 28.2 Å². The first-order chi connectivity index (χ1) is 10.0. The van der Waals surface area contributed by atoms with Gasteiger partial charge in [-0.25, -0.2) is 0 Å². The standard InChI is InChI=1S/C19H26N2/c1-20(2)14-18-9-5-16(6-10-18)13-17-7-11-19(12-8-17)15-21(3)4/h5-12H,13-15H2,1-4H3. The molecule has 2 aromatic rings. The van der Waals surface area contributed by atoms with Gasteiger partial charge in [-0.2, -0.15) is 0 Å². The Hall–Kier alpha value is -1.64. The maximum absolute atomic E-state index is 2.24. The molecule has 0 aliphatic carbocycles. The van der Waals surface area contributed by atoms with Crippen molar-refractivity contribution in [3.8, 4) is 0 Å². The van der Waals surface area contributed by atoms with E-state index in [4.69, 9.17) is 0 Å². The lowest BCUT2D eigenvalue weighted by Crippen LogP contribution is -2.10. The van der Waals surface area contributed by atoms with Crippen LogP contribution < -0.4 is 0 Å². The van der Waals surface area contributed by atoms with Crippen LogP contribution in [0.1, 0.15) is 22.3 Å². The van der Waals surface area contributed by atoms with Gasteiger partial charge in [0.2, 0.25) is 0 Å². The zero-order valence-corrected chi connectivity index (χ0v) is 13.6. The number of hydrogen-bond acceptors (Lipinski definition) is 2. The monoisotopic (exact) mass is 282 g/mol. The highest BCUT2D eigenvalue weighted by molar-refractivity contribution is 5.30. The molecule has 0 saturated carbocycles. The summed E-state index contributed by atoms with van der Waals surface area (Å²) in [5.41, 5.74) is 5.48. The molecular weight excluding hydrogens is 256 g/mol. The molecule has 0 amide bonds. The molecule has 21 heavy (non-hydrogen) atoms. The van der Waals surface area contributed by atoms with Gasteiger partial charge in [0.05, 0.1) is 0 Å². The molecule has 0 heterocycles. The van der Waals surface area contributed by atoms with Crippen LogP contribution in [0.4, 0.5) is 0 Å². The summed E-state index contributed by atoms with van der Waals surface area (Å²) < 4.78 is 0.